The molecule has 0 spiro atoms. The first-order valence-corrected chi connectivity index (χ1v) is 8.83. The van der Waals surface area contributed by atoms with Crippen LogP contribution in [0.25, 0.3) is 0 Å². The third-order valence-electron chi connectivity index (χ3n) is 4.48. The molecule has 0 saturated carbocycles. The number of halogens is 1. The number of hydrazone groups is 1. The summed E-state index contributed by atoms with van der Waals surface area (Å²) in [5, 5.41) is 4.37. The fourth-order valence-corrected chi connectivity index (χ4v) is 3.58. The van der Waals surface area contributed by atoms with Crippen molar-refractivity contribution >= 4 is 39.2 Å². The Morgan fingerprint density at radius 3 is 2.96 bits per heavy atom. The summed E-state index contributed by atoms with van der Waals surface area (Å²) in [5.74, 6) is -0.404. The van der Waals surface area contributed by atoms with Gasteiger partial charge >= 0.3 is 5.97 Å². The third-order valence-corrected chi connectivity index (χ3v) is 4.97. The number of benzene rings is 1. The Morgan fingerprint density at radius 1 is 1.42 bits per heavy atom. The van der Waals surface area contributed by atoms with Gasteiger partial charge in [-0.2, -0.15) is 5.10 Å². The molecule has 0 aliphatic carbocycles. The van der Waals surface area contributed by atoms with E-state index in [2.05, 4.69) is 31.2 Å². The lowest BCUT2D eigenvalue weighted by molar-refractivity contribution is -0.140. The van der Waals surface area contributed by atoms with Crippen LogP contribution in [-0.4, -0.2) is 37.3 Å². The molecule has 1 amide bonds. The van der Waals surface area contributed by atoms with E-state index in [0.29, 0.717) is 19.4 Å². The van der Waals surface area contributed by atoms with Crippen LogP contribution in [0, 0.1) is 5.92 Å². The summed E-state index contributed by atoms with van der Waals surface area (Å²) >= 11 is 3.50. The number of nitrogens with one attached hydrogen (secondary N) is 1. The van der Waals surface area contributed by atoms with Crippen molar-refractivity contribution in [1.29, 1.82) is 0 Å². The molecule has 0 radical (unpaired) electrons. The number of hydrogen-bond donors (Lipinski definition) is 1. The maximum atomic E-state index is 13.0. The molecule has 6 nitrogen and oxygen atoms in total. The van der Waals surface area contributed by atoms with Crippen molar-refractivity contribution in [3.8, 4) is 0 Å². The van der Waals surface area contributed by atoms with Crippen LogP contribution in [0.2, 0.25) is 0 Å². The zero-order valence-electron chi connectivity index (χ0n) is 13.7. The van der Waals surface area contributed by atoms with E-state index in [1.807, 2.05) is 30.0 Å². The van der Waals surface area contributed by atoms with Gasteiger partial charge in [-0.25, -0.2) is 0 Å². The number of methoxy groups -OCH3 is 1. The Morgan fingerprint density at radius 2 is 2.21 bits per heavy atom. The summed E-state index contributed by atoms with van der Waals surface area (Å²) < 4.78 is 5.62. The number of esters is 1. The molecule has 1 N–H and O–H groups in total. The lowest BCUT2D eigenvalue weighted by Crippen LogP contribution is -2.48. The Labute approximate surface area is 149 Å². The average molecular weight is 394 g/mol. The van der Waals surface area contributed by atoms with Gasteiger partial charge < -0.3 is 15.1 Å². The molecule has 3 rings (SSSR count). The molecule has 128 valence electrons. The lowest BCUT2D eigenvalue weighted by atomic mass is 9.86. The first-order valence-electron chi connectivity index (χ1n) is 8.04. The highest BCUT2D eigenvalue weighted by Crippen LogP contribution is 2.36. The van der Waals surface area contributed by atoms with E-state index in [1.165, 1.54) is 7.11 Å². The van der Waals surface area contributed by atoms with Crippen molar-refractivity contribution in [3.63, 3.8) is 0 Å². The van der Waals surface area contributed by atoms with Gasteiger partial charge in [0.05, 0.1) is 24.6 Å². The van der Waals surface area contributed by atoms with Crippen LogP contribution in [0.15, 0.2) is 27.8 Å². The van der Waals surface area contributed by atoms with Crippen LogP contribution in [0.4, 0.5) is 5.69 Å². The number of rotatable bonds is 5. The summed E-state index contributed by atoms with van der Waals surface area (Å²) in [6.07, 6.45) is 1.82. The van der Waals surface area contributed by atoms with Crippen molar-refractivity contribution in [1.82, 2.24) is 5.43 Å². The molecule has 0 bridgehead atoms. The molecule has 0 aromatic heterocycles. The molecule has 24 heavy (non-hydrogen) atoms. The Kier molecular flexibility index (Phi) is 4.89. The zero-order valence-corrected chi connectivity index (χ0v) is 15.3. The molecular weight excluding hydrogens is 374 g/mol. The number of carbonyl (C=O) groups excluding carboxylic acids is 2. The molecule has 0 fully saturated rings. The Bertz CT molecular complexity index is 704. The highest BCUT2D eigenvalue weighted by atomic mass is 79.9. The van der Waals surface area contributed by atoms with Gasteiger partial charge in [0, 0.05) is 23.0 Å². The van der Waals surface area contributed by atoms with E-state index in [0.717, 1.165) is 27.9 Å². The minimum absolute atomic E-state index is 0.0165. The van der Waals surface area contributed by atoms with Gasteiger partial charge in [-0.05, 0) is 38.0 Å². The number of hydrogen-bond acceptors (Lipinski definition) is 5. The smallest absolute Gasteiger partial charge is 0.305 e. The maximum Gasteiger partial charge on any atom is 0.305 e. The van der Waals surface area contributed by atoms with E-state index in [9.17, 15) is 9.59 Å². The van der Waals surface area contributed by atoms with Crippen molar-refractivity contribution in [3.05, 3.63) is 28.2 Å². The van der Waals surface area contributed by atoms with Crippen LogP contribution in [-0.2, 0) is 14.3 Å². The average Bonchev–Trinajstić information content (AvgIpc) is 2.96. The van der Waals surface area contributed by atoms with Gasteiger partial charge in [-0.3, -0.25) is 9.59 Å². The van der Waals surface area contributed by atoms with E-state index in [-0.39, 0.29) is 23.8 Å². The number of amides is 1. The predicted octanol–water partition coefficient (Wildman–Crippen LogP) is 2.45. The molecular formula is C17H20BrN3O3. The van der Waals surface area contributed by atoms with Gasteiger partial charge in [-0.15, -0.1) is 0 Å². The molecule has 2 aliphatic heterocycles. The van der Waals surface area contributed by atoms with Crippen LogP contribution in [0.3, 0.4) is 0 Å². The number of fused-ring (bicyclic) bond motifs is 3. The molecule has 1 unspecified atom stereocenters. The van der Waals surface area contributed by atoms with Crippen LogP contribution < -0.4 is 10.3 Å². The monoisotopic (exact) mass is 393 g/mol. The third kappa shape index (κ3) is 3.05. The fraction of sp³-hybridized carbons (Fsp3) is 0.471. The summed E-state index contributed by atoms with van der Waals surface area (Å²) in [7, 11) is 1.39. The zero-order chi connectivity index (χ0) is 17.3. The molecule has 1 aromatic rings. The summed E-state index contributed by atoms with van der Waals surface area (Å²) in [5.41, 5.74) is 5.71. The molecule has 2 aliphatic rings. The predicted molar refractivity (Wildman–Crippen MR) is 95.0 cm³/mol. The second-order valence-corrected chi connectivity index (χ2v) is 6.99. The Balaban J connectivity index is 1.82. The lowest BCUT2D eigenvalue weighted by Gasteiger charge is -2.34. The first kappa shape index (κ1) is 17.0. The normalized spacial score (nSPS) is 21.7. The summed E-state index contributed by atoms with van der Waals surface area (Å²) in [6, 6.07) is 5.87. The van der Waals surface area contributed by atoms with Gasteiger partial charge in [0.1, 0.15) is 5.92 Å². The minimum atomic E-state index is -0.257. The molecule has 1 aromatic carbocycles. The molecule has 2 atom stereocenters. The van der Waals surface area contributed by atoms with E-state index in [1.54, 1.807) is 0 Å². The number of anilines is 1. The summed E-state index contributed by atoms with van der Waals surface area (Å²) in [4.78, 5) is 26.0. The van der Waals surface area contributed by atoms with Crippen molar-refractivity contribution in [2.24, 2.45) is 11.0 Å². The molecule has 2 heterocycles. The van der Waals surface area contributed by atoms with Crippen molar-refractivity contribution < 1.29 is 14.3 Å². The number of ether oxygens (including phenoxy) is 1. The standard InChI is InChI=1S/C17H20BrN3O3/c1-10-15-16(20-19-10)12-9-11(18)6-7-13(12)21(17(15)23)8-4-3-5-14(22)24-2/h6-7,9-10,15,19H,3-5,8H2,1-2H3/t10-,15?/m0/s1. The van der Waals surface area contributed by atoms with E-state index in [4.69, 9.17) is 0 Å². The topological polar surface area (TPSA) is 71.0 Å². The van der Waals surface area contributed by atoms with Gasteiger partial charge in [-0.1, -0.05) is 15.9 Å². The minimum Gasteiger partial charge on any atom is -0.469 e. The fourth-order valence-electron chi connectivity index (χ4n) is 3.22. The Hall–Kier alpha value is -1.89. The van der Waals surface area contributed by atoms with Crippen molar-refractivity contribution in [2.75, 3.05) is 18.6 Å². The second-order valence-electron chi connectivity index (χ2n) is 6.08. The van der Waals surface area contributed by atoms with Gasteiger partial charge in [0.2, 0.25) is 5.91 Å². The second kappa shape index (κ2) is 6.93. The maximum absolute atomic E-state index is 13.0. The van der Waals surface area contributed by atoms with Gasteiger partial charge in [0.25, 0.3) is 0 Å². The quantitative estimate of drug-likeness (QED) is 0.615. The van der Waals surface area contributed by atoms with Crippen LogP contribution in [0.5, 0.6) is 0 Å². The number of carbonyl (C=O) groups is 2. The van der Waals surface area contributed by atoms with Crippen LogP contribution >= 0.6 is 15.9 Å². The van der Waals surface area contributed by atoms with E-state index < -0.39 is 0 Å². The molecule has 7 heteroatoms. The van der Waals surface area contributed by atoms with Crippen LogP contribution in [0.1, 0.15) is 31.7 Å². The molecule has 0 saturated heterocycles. The first-order chi connectivity index (χ1) is 11.5. The SMILES string of the molecule is COC(=O)CCCCN1C(=O)C2C(=NN[C@H]2C)c2cc(Br)ccc21. The van der Waals surface area contributed by atoms with Crippen molar-refractivity contribution in [2.45, 2.75) is 32.2 Å². The highest BCUT2D eigenvalue weighted by Gasteiger charge is 2.43. The van der Waals surface area contributed by atoms with Gasteiger partial charge in [0.15, 0.2) is 0 Å². The largest absolute Gasteiger partial charge is 0.469 e. The highest BCUT2D eigenvalue weighted by molar-refractivity contribution is 9.10. The van der Waals surface area contributed by atoms with E-state index >= 15 is 0 Å². The number of nitrogens with zero attached hydrogens (tertiary/aromatic N) is 2. The number of unbranched alkanes of at least 4 members (excludes halogenated alkanes) is 1. The summed E-state index contributed by atoms with van der Waals surface area (Å²) in [6.45, 7) is 2.55.